The molecule has 2 rings (SSSR count). The van der Waals surface area contributed by atoms with Crippen molar-refractivity contribution in [3.05, 3.63) is 70.8 Å². The van der Waals surface area contributed by atoms with Crippen molar-refractivity contribution in [3.8, 4) is 0 Å². The number of carbonyl (C=O) groups excluding carboxylic acids is 1. The van der Waals surface area contributed by atoms with Gasteiger partial charge in [-0.1, -0.05) is 0 Å². The fraction of sp³-hybridized carbons (Fsp3) is 0.250. The molecule has 0 aliphatic carbocycles. The average molecular weight is 421 g/mol. The van der Waals surface area contributed by atoms with E-state index in [4.69, 9.17) is 0 Å². The van der Waals surface area contributed by atoms with E-state index < -0.39 is 20.9 Å². The first-order valence-electron chi connectivity index (χ1n) is 7.62. The third kappa shape index (κ3) is 4.70. The fourth-order valence-electron chi connectivity index (χ4n) is 2.58. The summed E-state index contributed by atoms with van der Waals surface area (Å²) in [5.41, 5.74) is 5.02. The zero-order chi connectivity index (χ0) is 17.0. The van der Waals surface area contributed by atoms with Crippen molar-refractivity contribution in [2.24, 2.45) is 0 Å². The Kier molecular flexibility index (Phi) is 6.04. The van der Waals surface area contributed by atoms with E-state index in [0.29, 0.717) is 0 Å². The number of likely N-dealkylation sites (N-methyl/N-ethyl adjacent to an activating group) is 1. The predicted molar refractivity (Wildman–Crippen MR) is 99.2 cm³/mol. The molecule has 0 fully saturated rings. The van der Waals surface area contributed by atoms with Crippen molar-refractivity contribution < 1.29 is 4.79 Å². The molecule has 0 saturated heterocycles. The van der Waals surface area contributed by atoms with Gasteiger partial charge in [0, 0.05) is 0 Å². The van der Waals surface area contributed by atoms with Crippen molar-refractivity contribution in [3.63, 3.8) is 0 Å². The van der Waals surface area contributed by atoms with Crippen LogP contribution in [0.25, 0.3) is 3.62 Å². The van der Waals surface area contributed by atoms with E-state index in [1.165, 1.54) is 29.5 Å². The van der Waals surface area contributed by atoms with Crippen LogP contribution in [0.1, 0.15) is 22.3 Å². The van der Waals surface area contributed by atoms with Gasteiger partial charge in [-0.3, -0.25) is 0 Å². The molecule has 2 nitrogen and oxygen atoms in total. The number of benzene rings is 2. The van der Waals surface area contributed by atoms with E-state index in [1.807, 2.05) is 12.1 Å². The molecule has 0 aliphatic heterocycles. The normalized spacial score (nSPS) is 11.4. The maximum absolute atomic E-state index is 12.3. The number of hydrogen-bond donors (Lipinski definition) is 0. The van der Waals surface area contributed by atoms with Crippen molar-refractivity contribution in [1.82, 2.24) is 4.90 Å². The van der Waals surface area contributed by atoms with Crippen molar-refractivity contribution in [2.75, 3.05) is 14.1 Å². The van der Waals surface area contributed by atoms with Crippen LogP contribution in [-0.2, 0) is 4.79 Å². The Hall–Kier alpha value is -1.56. The summed E-state index contributed by atoms with van der Waals surface area (Å²) in [7, 11) is 3.60. The Bertz CT molecular complexity index is 710. The minimum absolute atomic E-state index is 0.0559. The van der Waals surface area contributed by atoms with Crippen LogP contribution in [0.3, 0.4) is 0 Å². The summed E-state index contributed by atoms with van der Waals surface area (Å²) in [6.07, 6.45) is 1.83. The van der Waals surface area contributed by atoms with Gasteiger partial charge in [0.25, 0.3) is 0 Å². The first kappa shape index (κ1) is 17.8. The number of rotatable bonds is 4. The average Bonchev–Trinajstić information content (AvgIpc) is 2.46. The number of hydrogen-bond acceptors (Lipinski definition) is 1. The molecular formula is C20H23NOTe. The number of aryl methyl sites for hydroxylation is 3. The molecule has 0 spiro atoms. The first-order chi connectivity index (χ1) is 10.9. The van der Waals surface area contributed by atoms with Crippen molar-refractivity contribution in [1.29, 1.82) is 0 Å². The molecular weight excluding hydrogens is 398 g/mol. The standard InChI is InChI=1S/C20H23NOTe/c1-14-11-15(2)20(16(3)12-14)18(13-19(22)21(4)5)23-17-9-7-6-8-10-17/h6-13H,1-5H3/b18-13+. The van der Waals surface area contributed by atoms with Gasteiger partial charge in [-0.25, -0.2) is 0 Å². The summed E-state index contributed by atoms with van der Waals surface area (Å²) >= 11 is -0.618. The van der Waals surface area contributed by atoms with Gasteiger partial charge < -0.3 is 0 Å². The molecule has 23 heavy (non-hydrogen) atoms. The van der Waals surface area contributed by atoms with E-state index in [-0.39, 0.29) is 5.91 Å². The number of amides is 1. The molecule has 0 saturated carbocycles. The number of nitrogens with zero attached hydrogens (tertiary/aromatic N) is 1. The van der Waals surface area contributed by atoms with Crippen LogP contribution >= 0.6 is 0 Å². The number of carbonyl (C=O) groups is 1. The summed E-state index contributed by atoms with van der Waals surface area (Å²) in [6.45, 7) is 6.40. The molecule has 2 aromatic rings. The summed E-state index contributed by atoms with van der Waals surface area (Å²) in [5, 5.41) is 0. The molecule has 0 heterocycles. The molecule has 1 amide bonds. The SMILES string of the molecule is Cc1cc(C)c(/C(=C\C(=O)N(C)C)[Te]c2ccccc2)c(C)c1. The van der Waals surface area contributed by atoms with Crippen LogP contribution in [0.2, 0.25) is 0 Å². The van der Waals surface area contributed by atoms with Gasteiger partial charge in [-0.05, 0) is 0 Å². The third-order valence-corrected chi connectivity index (χ3v) is 6.59. The van der Waals surface area contributed by atoms with Crippen molar-refractivity contribution in [2.45, 2.75) is 20.8 Å². The Morgan fingerprint density at radius 3 is 2.09 bits per heavy atom. The van der Waals surface area contributed by atoms with Crippen LogP contribution in [0, 0.1) is 20.8 Å². The minimum atomic E-state index is -0.618. The van der Waals surface area contributed by atoms with Gasteiger partial charge in [-0.15, -0.1) is 0 Å². The van der Waals surface area contributed by atoms with Gasteiger partial charge in [0.15, 0.2) is 0 Å². The van der Waals surface area contributed by atoms with Crippen LogP contribution in [0.5, 0.6) is 0 Å². The molecule has 0 aromatic heterocycles. The monoisotopic (exact) mass is 423 g/mol. The molecule has 0 radical (unpaired) electrons. The Balaban J connectivity index is 2.52. The van der Waals surface area contributed by atoms with Gasteiger partial charge in [-0.2, -0.15) is 0 Å². The zero-order valence-corrected chi connectivity index (χ0v) is 16.7. The van der Waals surface area contributed by atoms with Crippen LogP contribution in [0.4, 0.5) is 0 Å². The molecule has 0 atom stereocenters. The van der Waals surface area contributed by atoms with Crippen LogP contribution in [0.15, 0.2) is 48.5 Å². The Labute approximate surface area is 149 Å². The van der Waals surface area contributed by atoms with Crippen LogP contribution in [-0.4, -0.2) is 45.8 Å². The zero-order valence-electron chi connectivity index (χ0n) is 14.4. The quantitative estimate of drug-likeness (QED) is 0.550. The Morgan fingerprint density at radius 1 is 1.00 bits per heavy atom. The molecule has 0 aliphatic rings. The van der Waals surface area contributed by atoms with E-state index in [2.05, 4.69) is 57.2 Å². The summed E-state index contributed by atoms with van der Waals surface area (Å²) in [5.74, 6) is 0.0559. The van der Waals surface area contributed by atoms with Gasteiger partial charge in [0.1, 0.15) is 0 Å². The third-order valence-electron chi connectivity index (χ3n) is 3.59. The summed E-state index contributed by atoms with van der Waals surface area (Å²) in [6, 6.07) is 14.9. The van der Waals surface area contributed by atoms with E-state index in [0.717, 1.165) is 0 Å². The topological polar surface area (TPSA) is 20.3 Å². The van der Waals surface area contributed by atoms with Gasteiger partial charge in [0.05, 0.1) is 0 Å². The van der Waals surface area contributed by atoms with Gasteiger partial charge in [0.2, 0.25) is 0 Å². The molecule has 0 bridgehead atoms. The fourth-order valence-corrected chi connectivity index (χ4v) is 5.81. The first-order valence-corrected chi connectivity index (χ1v) is 9.95. The second-order valence-corrected chi connectivity index (χ2v) is 9.11. The summed E-state index contributed by atoms with van der Waals surface area (Å²) in [4.78, 5) is 13.9. The van der Waals surface area contributed by atoms with E-state index in [9.17, 15) is 4.79 Å². The Morgan fingerprint density at radius 2 is 1.57 bits per heavy atom. The van der Waals surface area contributed by atoms with E-state index in [1.54, 1.807) is 19.0 Å². The molecule has 120 valence electrons. The predicted octanol–water partition coefficient (Wildman–Crippen LogP) is 3.07. The second-order valence-electron chi connectivity index (χ2n) is 5.93. The second kappa shape index (κ2) is 7.81. The van der Waals surface area contributed by atoms with Crippen LogP contribution < -0.4 is 3.61 Å². The van der Waals surface area contributed by atoms with Gasteiger partial charge >= 0.3 is 149 Å². The molecule has 3 heteroatoms. The summed E-state index contributed by atoms with van der Waals surface area (Å²) < 4.78 is 2.55. The van der Waals surface area contributed by atoms with Crippen molar-refractivity contribution >= 4 is 34.1 Å². The molecule has 2 aromatic carbocycles. The molecule has 0 unspecified atom stereocenters. The maximum atomic E-state index is 12.3. The molecule has 0 N–H and O–H groups in total. The van der Waals surface area contributed by atoms with E-state index >= 15 is 0 Å².